The third-order valence-electron chi connectivity index (χ3n) is 5.28. The molecule has 22 heavy (non-hydrogen) atoms. The van der Waals surface area contributed by atoms with Crippen molar-refractivity contribution in [3.63, 3.8) is 0 Å². The number of likely N-dealkylation sites (tertiary alicyclic amines) is 1. The molecule has 0 aromatic heterocycles. The molecule has 2 aliphatic rings. The molecule has 3 rings (SSSR count). The van der Waals surface area contributed by atoms with Gasteiger partial charge in [-0.3, -0.25) is 9.59 Å². The maximum absolute atomic E-state index is 12.7. The second-order valence-electron chi connectivity index (χ2n) is 6.83. The number of nitrogens with two attached hydrogens (primary N) is 1. The van der Waals surface area contributed by atoms with Crippen LogP contribution in [0.1, 0.15) is 65.7 Å². The number of piperidine rings is 1. The van der Waals surface area contributed by atoms with Crippen molar-refractivity contribution in [2.75, 3.05) is 13.1 Å². The molecule has 1 aromatic rings. The maximum Gasteiger partial charge on any atom is 0.253 e. The number of carbonyl (C=O) groups excluding carboxylic acids is 2. The molecule has 0 unspecified atom stereocenters. The number of primary amides is 1. The van der Waals surface area contributed by atoms with Gasteiger partial charge in [0.1, 0.15) is 0 Å². The Morgan fingerprint density at radius 1 is 0.909 bits per heavy atom. The van der Waals surface area contributed by atoms with Gasteiger partial charge in [-0.05, 0) is 55.4 Å². The summed E-state index contributed by atoms with van der Waals surface area (Å²) in [6.07, 6.45) is 8.83. The zero-order valence-corrected chi connectivity index (χ0v) is 13.0. The zero-order chi connectivity index (χ0) is 15.6. The van der Waals surface area contributed by atoms with E-state index in [9.17, 15) is 9.59 Å². The predicted octanol–water partition coefficient (Wildman–Crippen LogP) is 2.97. The second kappa shape index (κ2) is 6.11. The van der Waals surface area contributed by atoms with E-state index >= 15 is 0 Å². The van der Waals surface area contributed by atoms with E-state index in [1.165, 1.54) is 38.5 Å². The number of amides is 2. The molecule has 1 saturated carbocycles. The van der Waals surface area contributed by atoms with Crippen LogP contribution in [0.2, 0.25) is 0 Å². The van der Waals surface area contributed by atoms with Crippen LogP contribution >= 0.6 is 0 Å². The van der Waals surface area contributed by atoms with Gasteiger partial charge in [-0.2, -0.15) is 0 Å². The Labute approximate surface area is 131 Å². The number of hydrogen-bond donors (Lipinski definition) is 1. The van der Waals surface area contributed by atoms with Crippen molar-refractivity contribution in [3.05, 3.63) is 35.4 Å². The van der Waals surface area contributed by atoms with E-state index < -0.39 is 5.91 Å². The van der Waals surface area contributed by atoms with Gasteiger partial charge in [-0.15, -0.1) is 0 Å². The first-order valence-electron chi connectivity index (χ1n) is 8.29. The molecular weight excluding hydrogens is 276 g/mol. The number of carbonyl (C=O) groups is 2. The van der Waals surface area contributed by atoms with Gasteiger partial charge in [-0.1, -0.05) is 19.3 Å². The smallest absolute Gasteiger partial charge is 0.253 e. The fourth-order valence-electron chi connectivity index (χ4n) is 4.05. The number of nitrogens with zero attached hydrogens (tertiary/aromatic N) is 1. The Bertz CT molecular complexity index is 553. The minimum atomic E-state index is -0.460. The van der Waals surface area contributed by atoms with Crippen LogP contribution < -0.4 is 5.73 Å². The third-order valence-corrected chi connectivity index (χ3v) is 5.28. The number of benzene rings is 1. The van der Waals surface area contributed by atoms with Crippen molar-refractivity contribution >= 4 is 11.8 Å². The topological polar surface area (TPSA) is 63.4 Å². The molecule has 2 fully saturated rings. The van der Waals surface area contributed by atoms with Crippen LogP contribution in [0.15, 0.2) is 24.3 Å². The fourth-order valence-corrected chi connectivity index (χ4v) is 4.05. The lowest BCUT2D eigenvalue weighted by Crippen LogP contribution is -2.46. The lowest BCUT2D eigenvalue weighted by atomic mass is 9.69. The summed E-state index contributed by atoms with van der Waals surface area (Å²) in [5.41, 5.74) is 6.70. The Balaban J connectivity index is 1.72. The van der Waals surface area contributed by atoms with E-state index in [2.05, 4.69) is 0 Å². The Morgan fingerprint density at radius 2 is 1.50 bits per heavy atom. The Morgan fingerprint density at radius 3 is 2.14 bits per heavy atom. The SMILES string of the molecule is NC(=O)c1ccc(C(=O)N2CCCC3(CCCCC3)C2)cc1. The van der Waals surface area contributed by atoms with Gasteiger partial charge in [0.25, 0.3) is 5.91 Å². The van der Waals surface area contributed by atoms with Gasteiger partial charge in [-0.25, -0.2) is 0 Å². The van der Waals surface area contributed by atoms with Gasteiger partial charge < -0.3 is 10.6 Å². The molecule has 1 aromatic carbocycles. The molecule has 2 amide bonds. The standard InChI is InChI=1S/C18H24N2O2/c19-16(21)14-5-7-15(8-6-14)17(22)20-12-4-11-18(13-20)9-2-1-3-10-18/h5-8H,1-4,9-13H2,(H2,19,21). The molecule has 1 spiro atoms. The van der Waals surface area contributed by atoms with Crippen LogP contribution in [0, 0.1) is 5.41 Å². The molecule has 1 aliphatic carbocycles. The number of rotatable bonds is 2. The first kappa shape index (κ1) is 15.1. The summed E-state index contributed by atoms with van der Waals surface area (Å²) in [5.74, 6) is -0.376. The summed E-state index contributed by atoms with van der Waals surface area (Å²) in [4.78, 5) is 25.8. The number of hydrogen-bond acceptors (Lipinski definition) is 2. The van der Waals surface area contributed by atoms with Crippen LogP contribution in [0.5, 0.6) is 0 Å². The quantitative estimate of drug-likeness (QED) is 0.912. The molecule has 2 N–H and O–H groups in total. The van der Waals surface area contributed by atoms with E-state index in [-0.39, 0.29) is 5.91 Å². The predicted molar refractivity (Wildman–Crippen MR) is 85.6 cm³/mol. The minimum Gasteiger partial charge on any atom is -0.366 e. The molecule has 4 heteroatoms. The van der Waals surface area contributed by atoms with E-state index in [0.29, 0.717) is 16.5 Å². The van der Waals surface area contributed by atoms with Gasteiger partial charge in [0, 0.05) is 24.2 Å². The van der Waals surface area contributed by atoms with Crippen molar-refractivity contribution in [3.8, 4) is 0 Å². The highest BCUT2D eigenvalue weighted by molar-refractivity contribution is 5.97. The summed E-state index contributed by atoms with van der Waals surface area (Å²) in [7, 11) is 0. The van der Waals surface area contributed by atoms with E-state index in [1.54, 1.807) is 24.3 Å². The monoisotopic (exact) mass is 300 g/mol. The van der Waals surface area contributed by atoms with Crippen LogP contribution in [0.25, 0.3) is 0 Å². The summed E-state index contributed by atoms with van der Waals surface area (Å²) in [5, 5.41) is 0. The molecule has 0 bridgehead atoms. The van der Waals surface area contributed by atoms with Crippen LogP contribution in [-0.4, -0.2) is 29.8 Å². The zero-order valence-electron chi connectivity index (χ0n) is 13.0. The highest BCUT2D eigenvalue weighted by Crippen LogP contribution is 2.43. The van der Waals surface area contributed by atoms with Crippen molar-refractivity contribution in [2.24, 2.45) is 11.1 Å². The molecule has 118 valence electrons. The molecule has 0 atom stereocenters. The Kier molecular flexibility index (Phi) is 4.19. The lowest BCUT2D eigenvalue weighted by Gasteiger charge is -2.45. The average molecular weight is 300 g/mol. The highest BCUT2D eigenvalue weighted by atomic mass is 16.2. The lowest BCUT2D eigenvalue weighted by molar-refractivity contribution is 0.0384. The van der Waals surface area contributed by atoms with E-state index in [0.717, 1.165) is 19.5 Å². The fraction of sp³-hybridized carbons (Fsp3) is 0.556. The molecule has 1 heterocycles. The summed E-state index contributed by atoms with van der Waals surface area (Å²) in [6, 6.07) is 6.70. The van der Waals surface area contributed by atoms with Gasteiger partial charge >= 0.3 is 0 Å². The van der Waals surface area contributed by atoms with Crippen molar-refractivity contribution < 1.29 is 9.59 Å². The normalized spacial score (nSPS) is 20.8. The van der Waals surface area contributed by atoms with E-state index in [4.69, 9.17) is 5.73 Å². The molecule has 1 aliphatic heterocycles. The summed E-state index contributed by atoms with van der Waals surface area (Å²) >= 11 is 0. The van der Waals surface area contributed by atoms with Crippen LogP contribution in [-0.2, 0) is 0 Å². The van der Waals surface area contributed by atoms with Crippen LogP contribution in [0.3, 0.4) is 0 Å². The third kappa shape index (κ3) is 3.01. The highest BCUT2D eigenvalue weighted by Gasteiger charge is 2.37. The average Bonchev–Trinajstić information content (AvgIpc) is 2.55. The van der Waals surface area contributed by atoms with Crippen molar-refractivity contribution in [1.82, 2.24) is 4.90 Å². The second-order valence-corrected chi connectivity index (χ2v) is 6.83. The molecule has 1 saturated heterocycles. The minimum absolute atomic E-state index is 0.0840. The largest absolute Gasteiger partial charge is 0.366 e. The summed E-state index contributed by atoms with van der Waals surface area (Å²) < 4.78 is 0. The Hall–Kier alpha value is -1.84. The van der Waals surface area contributed by atoms with Gasteiger partial charge in [0.2, 0.25) is 5.91 Å². The maximum atomic E-state index is 12.7. The van der Waals surface area contributed by atoms with Crippen LogP contribution in [0.4, 0.5) is 0 Å². The molecule has 4 nitrogen and oxygen atoms in total. The van der Waals surface area contributed by atoms with Crippen molar-refractivity contribution in [2.45, 2.75) is 44.9 Å². The summed E-state index contributed by atoms with van der Waals surface area (Å²) in [6.45, 7) is 1.74. The van der Waals surface area contributed by atoms with Gasteiger partial charge in [0.05, 0.1) is 0 Å². The van der Waals surface area contributed by atoms with Crippen molar-refractivity contribution in [1.29, 1.82) is 0 Å². The molecule has 0 radical (unpaired) electrons. The first-order valence-corrected chi connectivity index (χ1v) is 8.29. The van der Waals surface area contributed by atoms with E-state index in [1.807, 2.05) is 4.90 Å². The van der Waals surface area contributed by atoms with Gasteiger partial charge in [0.15, 0.2) is 0 Å². The first-order chi connectivity index (χ1) is 10.6. The molecular formula is C18H24N2O2.